The van der Waals surface area contributed by atoms with E-state index in [0.717, 1.165) is 25.9 Å². The molecule has 2 nitrogen and oxygen atoms in total. The number of nitrogens with two attached hydrogens (primary N) is 2. The molecule has 0 heterocycles. The molecule has 0 radical (unpaired) electrons. The van der Waals surface area contributed by atoms with Gasteiger partial charge in [-0.2, -0.15) is 17.2 Å². The van der Waals surface area contributed by atoms with E-state index in [0.29, 0.717) is 0 Å². The van der Waals surface area contributed by atoms with Crippen molar-refractivity contribution in [2.24, 2.45) is 11.5 Å². The Kier molecular flexibility index (Phi) is 10.7. The Balaban J connectivity index is 0.000000405. The summed E-state index contributed by atoms with van der Waals surface area (Å²) in [6, 6.07) is 14.3. The molecule has 2 rings (SSSR count). The molecular formula is C14H19FeIN2-6. The largest absolute Gasteiger partial charge is 0.748 e. The Bertz CT molecular complexity index is 379. The van der Waals surface area contributed by atoms with E-state index in [1.54, 1.807) is 0 Å². The zero-order chi connectivity index (χ0) is 12.5. The molecule has 0 saturated carbocycles. The molecule has 0 amide bonds. The number of hydrogen-bond donors (Lipinski definition) is 2. The van der Waals surface area contributed by atoms with Crippen LogP contribution in [0.15, 0.2) is 42.5 Å². The number of rotatable bonds is 4. The molecule has 0 bridgehead atoms. The Morgan fingerprint density at radius 3 is 2.06 bits per heavy atom. The Morgan fingerprint density at radius 2 is 1.61 bits per heavy atom. The summed E-state index contributed by atoms with van der Waals surface area (Å²) in [4.78, 5) is 0. The molecule has 0 aliphatic heterocycles. The third-order valence-corrected chi connectivity index (χ3v) is 3.48. The fraction of sp³-hybridized carbons (Fsp3) is 0.286. The molecule has 0 aliphatic carbocycles. The van der Waals surface area contributed by atoms with Crippen LogP contribution in [0, 0.1) is 3.57 Å². The van der Waals surface area contributed by atoms with Crippen LogP contribution in [0.4, 0.5) is 0 Å². The quantitative estimate of drug-likeness (QED) is 0.473. The van der Waals surface area contributed by atoms with E-state index in [1.807, 2.05) is 30.3 Å². The first-order valence-electron chi connectivity index (χ1n) is 5.79. The predicted molar refractivity (Wildman–Crippen MR) is 82.3 cm³/mol. The van der Waals surface area contributed by atoms with E-state index in [2.05, 4.69) is 34.7 Å². The monoisotopic (exact) mass is 398 g/mol. The minimum absolute atomic E-state index is 0. The van der Waals surface area contributed by atoms with Gasteiger partial charge in [0.15, 0.2) is 0 Å². The zero-order valence-corrected chi connectivity index (χ0v) is 13.5. The molecule has 0 atom stereocenters. The second kappa shape index (κ2) is 10.8. The molecule has 0 aromatic heterocycles. The van der Waals surface area contributed by atoms with Crippen LogP contribution < -0.4 is 11.5 Å². The van der Waals surface area contributed by atoms with Crippen molar-refractivity contribution in [3.05, 3.63) is 57.2 Å². The van der Waals surface area contributed by atoms with Crippen molar-refractivity contribution in [1.29, 1.82) is 0 Å². The van der Waals surface area contributed by atoms with Crippen molar-refractivity contribution in [1.82, 2.24) is 0 Å². The fourth-order valence-electron chi connectivity index (χ4n) is 1.66. The topological polar surface area (TPSA) is 52.0 Å². The maximum atomic E-state index is 5.52. The van der Waals surface area contributed by atoms with Gasteiger partial charge in [0.05, 0.1) is 0 Å². The van der Waals surface area contributed by atoms with Crippen LogP contribution >= 0.6 is 22.6 Å². The van der Waals surface area contributed by atoms with Crippen LogP contribution in [0.1, 0.15) is 11.1 Å². The first-order chi connectivity index (χ1) is 8.29. The average Bonchev–Trinajstić information content (AvgIpc) is 2.97. The fourth-order valence-corrected chi connectivity index (χ4v) is 2.46. The third-order valence-electron chi connectivity index (χ3n) is 2.47. The molecule has 0 spiro atoms. The maximum Gasteiger partial charge on any atom is 0 e. The molecule has 2 aromatic rings. The van der Waals surface area contributed by atoms with Gasteiger partial charge in [0.25, 0.3) is 0 Å². The predicted octanol–water partition coefficient (Wildman–Crippen LogP) is 2.42. The number of hydrogen-bond acceptors (Lipinski definition) is 2. The van der Waals surface area contributed by atoms with Gasteiger partial charge in [-0.1, -0.05) is 6.42 Å². The average molecular weight is 398 g/mol. The smallest absolute Gasteiger partial charge is 0 e. The molecule has 2 aromatic carbocycles. The normalized spacial score (nSPS) is 9.28. The summed E-state index contributed by atoms with van der Waals surface area (Å²) >= 11 is 2.35. The SMILES string of the molecule is NCCc1c(I)cc[c-]1CCN.[Fe].[cH-]1[cH-][cH-][cH-][cH-]1. The molecule has 4 N–H and O–H groups in total. The van der Waals surface area contributed by atoms with Gasteiger partial charge in [0, 0.05) is 17.1 Å². The summed E-state index contributed by atoms with van der Waals surface area (Å²) in [5.41, 5.74) is 13.8. The second-order valence-electron chi connectivity index (χ2n) is 3.72. The van der Waals surface area contributed by atoms with Crippen molar-refractivity contribution in [3.8, 4) is 0 Å². The van der Waals surface area contributed by atoms with E-state index >= 15 is 0 Å². The van der Waals surface area contributed by atoms with E-state index in [9.17, 15) is 0 Å². The first kappa shape index (κ1) is 17.9. The molecule has 18 heavy (non-hydrogen) atoms. The van der Waals surface area contributed by atoms with Gasteiger partial charge >= 0.3 is 0 Å². The Hall–Kier alpha value is -0.131. The van der Waals surface area contributed by atoms with E-state index in [4.69, 9.17) is 11.5 Å². The summed E-state index contributed by atoms with van der Waals surface area (Å²) in [5.74, 6) is 0. The van der Waals surface area contributed by atoms with Crippen LogP contribution in [0.25, 0.3) is 0 Å². The first-order valence-corrected chi connectivity index (χ1v) is 6.87. The van der Waals surface area contributed by atoms with Crippen molar-refractivity contribution in [2.45, 2.75) is 12.8 Å². The van der Waals surface area contributed by atoms with Gasteiger partial charge in [-0.15, -0.1) is 26.2 Å². The van der Waals surface area contributed by atoms with Gasteiger partial charge in [-0.25, -0.2) is 6.07 Å². The maximum absolute atomic E-state index is 5.52. The minimum atomic E-state index is 0. The standard InChI is InChI=1S/C9H14IN2.C5H5.Fe/c10-9-2-1-7(3-5-11)8(9)4-6-12;1-2-4-5-3-1;/h1-2H,3-6,11-12H2;1-5H;/q-1;-5;. The summed E-state index contributed by atoms with van der Waals surface area (Å²) in [7, 11) is 0. The van der Waals surface area contributed by atoms with Crippen LogP contribution in [0.2, 0.25) is 0 Å². The third kappa shape index (κ3) is 6.16. The van der Waals surface area contributed by atoms with Gasteiger partial charge < -0.3 is 41.8 Å². The molecule has 0 fully saturated rings. The van der Waals surface area contributed by atoms with Crippen LogP contribution in [-0.4, -0.2) is 13.1 Å². The van der Waals surface area contributed by atoms with Crippen molar-refractivity contribution < 1.29 is 17.1 Å². The Labute approximate surface area is 133 Å². The van der Waals surface area contributed by atoms with Gasteiger partial charge in [0.1, 0.15) is 0 Å². The van der Waals surface area contributed by atoms with Gasteiger partial charge in [0.2, 0.25) is 0 Å². The second-order valence-corrected chi connectivity index (χ2v) is 4.89. The molecule has 4 heteroatoms. The summed E-state index contributed by atoms with van der Waals surface area (Å²) in [6.45, 7) is 1.44. The zero-order valence-electron chi connectivity index (χ0n) is 10.3. The van der Waals surface area contributed by atoms with E-state index in [-0.39, 0.29) is 17.1 Å². The van der Waals surface area contributed by atoms with Crippen molar-refractivity contribution >= 4 is 22.6 Å². The summed E-state index contributed by atoms with van der Waals surface area (Å²) in [5, 5.41) is 0. The molecule has 0 aliphatic rings. The van der Waals surface area contributed by atoms with Crippen LogP contribution in [0.5, 0.6) is 0 Å². The summed E-state index contributed by atoms with van der Waals surface area (Å²) in [6.07, 6.45) is 1.94. The van der Waals surface area contributed by atoms with Gasteiger partial charge in [-0.05, 0) is 19.5 Å². The Morgan fingerprint density at radius 1 is 1.06 bits per heavy atom. The van der Waals surface area contributed by atoms with Crippen molar-refractivity contribution in [2.75, 3.05) is 13.1 Å². The summed E-state index contributed by atoms with van der Waals surface area (Å²) < 4.78 is 1.32. The molecule has 106 valence electrons. The van der Waals surface area contributed by atoms with E-state index in [1.165, 1.54) is 14.7 Å². The van der Waals surface area contributed by atoms with Gasteiger partial charge in [-0.3, -0.25) is 0 Å². The van der Waals surface area contributed by atoms with E-state index < -0.39 is 0 Å². The molecular weight excluding hydrogens is 379 g/mol. The minimum Gasteiger partial charge on any atom is -0.748 e. The van der Waals surface area contributed by atoms with Crippen LogP contribution in [-0.2, 0) is 29.9 Å². The molecule has 0 unspecified atom stereocenters. The number of halogens is 1. The van der Waals surface area contributed by atoms with Crippen molar-refractivity contribution in [3.63, 3.8) is 0 Å². The molecule has 0 saturated heterocycles. The van der Waals surface area contributed by atoms with Crippen LogP contribution in [0.3, 0.4) is 0 Å².